The largest absolute Gasteiger partial charge is 0.481 e. The van der Waals surface area contributed by atoms with E-state index >= 15 is 0 Å². The molecule has 2 heterocycles. The summed E-state index contributed by atoms with van der Waals surface area (Å²) in [5.41, 5.74) is 3.68. The maximum absolute atomic E-state index is 12.9. The van der Waals surface area contributed by atoms with Gasteiger partial charge in [-0.25, -0.2) is 4.79 Å². The molecule has 0 spiro atoms. The molecule has 0 aliphatic heterocycles. The number of aliphatic carboxylic acids is 1. The van der Waals surface area contributed by atoms with Crippen molar-refractivity contribution in [1.29, 1.82) is 0 Å². The molecule has 9 heteroatoms. The van der Waals surface area contributed by atoms with Crippen LogP contribution in [0.5, 0.6) is 0 Å². The number of carbonyl (C=O) groups is 3. The lowest BCUT2D eigenvalue weighted by molar-refractivity contribution is -0.137. The summed E-state index contributed by atoms with van der Waals surface area (Å²) >= 11 is 0. The van der Waals surface area contributed by atoms with Crippen molar-refractivity contribution in [2.24, 2.45) is 5.92 Å². The van der Waals surface area contributed by atoms with Gasteiger partial charge in [-0.15, -0.1) is 0 Å². The Labute approximate surface area is 215 Å². The first kappa shape index (κ1) is 28.0. The number of hydrogen-bond donors (Lipinski definition) is 3. The van der Waals surface area contributed by atoms with Crippen molar-refractivity contribution in [3.05, 3.63) is 44.5 Å². The van der Waals surface area contributed by atoms with Gasteiger partial charge in [0.2, 0.25) is 11.8 Å². The van der Waals surface area contributed by atoms with Crippen LogP contribution in [0.3, 0.4) is 0 Å². The zero-order valence-corrected chi connectivity index (χ0v) is 22.4. The smallest absolute Gasteiger partial charge is 0.339 e. The summed E-state index contributed by atoms with van der Waals surface area (Å²) in [5.74, 6) is -0.934. The van der Waals surface area contributed by atoms with Gasteiger partial charge in [0.1, 0.15) is 23.0 Å². The van der Waals surface area contributed by atoms with Gasteiger partial charge in [-0.05, 0) is 63.6 Å². The van der Waals surface area contributed by atoms with E-state index in [1.807, 2.05) is 47.6 Å². The molecule has 0 aliphatic rings. The number of carbonyl (C=O) groups excluding carboxylic acids is 2. The summed E-state index contributed by atoms with van der Waals surface area (Å²) in [5, 5.41) is 16.0. The molecule has 2 atom stereocenters. The zero-order chi connectivity index (χ0) is 27.4. The number of rotatable bonds is 11. The number of carboxylic acid groups (broad SMARTS) is 1. The van der Waals surface area contributed by atoms with Crippen molar-refractivity contribution in [2.45, 2.75) is 79.7 Å². The van der Waals surface area contributed by atoms with E-state index in [0.717, 1.165) is 33.2 Å². The predicted molar refractivity (Wildman–Crippen MR) is 141 cm³/mol. The lowest BCUT2D eigenvalue weighted by Crippen LogP contribution is -2.50. The van der Waals surface area contributed by atoms with Crippen LogP contribution in [0.1, 0.15) is 67.5 Å². The fourth-order valence-electron chi connectivity index (χ4n) is 4.53. The first-order valence-electron chi connectivity index (χ1n) is 12.7. The van der Waals surface area contributed by atoms with E-state index in [4.69, 9.17) is 13.9 Å². The molecule has 1 aromatic carbocycles. The second-order valence-corrected chi connectivity index (χ2v) is 9.75. The highest BCUT2D eigenvalue weighted by Crippen LogP contribution is 2.34. The van der Waals surface area contributed by atoms with Gasteiger partial charge in [0.15, 0.2) is 0 Å². The second-order valence-electron chi connectivity index (χ2n) is 9.75. The highest BCUT2D eigenvalue weighted by Gasteiger charge is 2.26. The van der Waals surface area contributed by atoms with Crippen LogP contribution in [0.4, 0.5) is 0 Å². The standard InChI is InChI=1S/C28H36N2O7/c1-7-14(2)24(27(34)29-12-8-9-23(32)33)30-22(31)11-10-19-16(4)21-13-20-15(3)18(6)36-25(20)17(5)26(21)37-28(19)35/h13-14,24H,7-12H2,1-6H3,(H,29,34)(H,30,31)(H,32,33)/t14-,24+/m1/s1. The van der Waals surface area contributed by atoms with Crippen LogP contribution in [0.2, 0.25) is 0 Å². The van der Waals surface area contributed by atoms with Gasteiger partial charge in [-0.2, -0.15) is 0 Å². The minimum Gasteiger partial charge on any atom is -0.481 e. The summed E-state index contributed by atoms with van der Waals surface area (Å²) in [6.45, 7) is 11.6. The highest BCUT2D eigenvalue weighted by atomic mass is 16.4. The summed E-state index contributed by atoms with van der Waals surface area (Å²) in [6.07, 6.45) is 1.12. The first-order chi connectivity index (χ1) is 17.5. The van der Waals surface area contributed by atoms with Crippen molar-refractivity contribution >= 4 is 39.7 Å². The SMILES string of the molecule is CC[C@@H](C)[C@H](NC(=O)CCc1c(C)c2cc3c(C)c(C)oc3c(C)c2oc1=O)C(=O)NCCCC(=O)O. The van der Waals surface area contributed by atoms with Crippen LogP contribution in [0.15, 0.2) is 19.7 Å². The number of hydrogen-bond acceptors (Lipinski definition) is 6. The van der Waals surface area contributed by atoms with Crippen LogP contribution in [0, 0.1) is 33.6 Å². The number of benzene rings is 1. The third-order valence-corrected chi connectivity index (χ3v) is 7.22. The van der Waals surface area contributed by atoms with Gasteiger partial charge in [-0.1, -0.05) is 20.3 Å². The Bertz CT molecular complexity index is 1400. The molecule has 2 aromatic heterocycles. The van der Waals surface area contributed by atoms with Crippen LogP contribution >= 0.6 is 0 Å². The van der Waals surface area contributed by atoms with Crippen LogP contribution in [-0.4, -0.2) is 35.5 Å². The van der Waals surface area contributed by atoms with Crippen LogP contribution in [-0.2, 0) is 20.8 Å². The Hall–Kier alpha value is -3.62. The molecular formula is C28H36N2O7. The molecule has 3 aromatic rings. The molecule has 0 aliphatic carbocycles. The minimum absolute atomic E-state index is 0.0153. The zero-order valence-electron chi connectivity index (χ0n) is 22.4. The Balaban J connectivity index is 1.77. The molecule has 0 saturated heterocycles. The van der Waals surface area contributed by atoms with Crippen molar-refractivity contribution in [3.8, 4) is 0 Å². The minimum atomic E-state index is -0.927. The number of nitrogens with one attached hydrogen (secondary N) is 2. The van der Waals surface area contributed by atoms with E-state index in [1.165, 1.54) is 0 Å². The highest BCUT2D eigenvalue weighted by molar-refractivity contribution is 6.00. The van der Waals surface area contributed by atoms with E-state index in [-0.39, 0.29) is 43.5 Å². The molecule has 37 heavy (non-hydrogen) atoms. The Morgan fingerprint density at radius 2 is 1.62 bits per heavy atom. The normalized spacial score (nSPS) is 13.0. The fraction of sp³-hybridized carbons (Fsp3) is 0.500. The van der Waals surface area contributed by atoms with Crippen LogP contribution < -0.4 is 16.3 Å². The number of aryl methyl sites for hydroxylation is 4. The van der Waals surface area contributed by atoms with E-state index in [2.05, 4.69) is 10.6 Å². The van der Waals surface area contributed by atoms with E-state index in [9.17, 15) is 19.2 Å². The van der Waals surface area contributed by atoms with Gasteiger partial charge >= 0.3 is 11.6 Å². The molecule has 3 rings (SSSR count). The molecule has 0 radical (unpaired) electrons. The first-order valence-corrected chi connectivity index (χ1v) is 12.7. The van der Waals surface area contributed by atoms with Crippen LogP contribution in [0.25, 0.3) is 21.9 Å². The van der Waals surface area contributed by atoms with Crippen molar-refractivity contribution in [2.75, 3.05) is 6.54 Å². The van der Waals surface area contributed by atoms with E-state index < -0.39 is 17.6 Å². The molecule has 2 amide bonds. The number of fused-ring (bicyclic) bond motifs is 2. The number of amides is 2. The van der Waals surface area contributed by atoms with Gasteiger partial charge in [0.05, 0.1) is 0 Å². The Kier molecular flexibility index (Phi) is 8.78. The third-order valence-electron chi connectivity index (χ3n) is 7.22. The van der Waals surface area contributed by atoms with Crippen molar-refractivity contribution < 1.29 is 28.3 Å². The van der Waals surface area contributed by atoms with Crippen molar-refractivity contribution in [3.63, 3.8) is 0 Å². The number of furan rings is 1. The maximum atomic E-state index is 12.9. The summed E-state index contributed by atoms with van der Waals surface area (Å²) in [4.78, 5) is 49.0. The van der Waals surface area contributed by atoms with Gasteiger partial charge in [0.25, 0.3) is 0 Å². The Morgan fingerprint density at radius 1 is 0.973 bits per heavy atom. The molecule has 0 saturated carbocycles. The summed E-state index contributed by atoms with van der Waals surface area (Å²) in [6, 6.07) is 1.22. The summed E-state index contributed by atoms with van der Waals surface area (Å²) in [7, 11) is 0. The molecule has 0 unspecified atom stereocenters. The quantitative estimate of drug-likeness (QED) is 0.258. The molecular weight excluding hydrogens is 476 g/mol. The summed E-state index contributed by atoms with van der Waals surface area (Å²) < 4.78 is 11.6. The van der Waals surface area contributed by atoms with Gasteiger partial charge in [-0.3, -0.25) is 14.4 Å². The maximum Gasteiger partial charge on any atom is 0.339 e. The van der Waals surface area contributed by atoms with Gasteiger partial charge < -0.3 is 24.6 Å². The average molecular weight is 513 g/mol. The fourth-order valence-corrected chi connectivity index (χ4v) is 4.53. The average Bonchev–Trinajstić information content (AvgIpc) is 3.14. The Morgan fingerprint density at radius 3 is 2.27 bits per heavy atom. The molecule has 3 N–H and O–H groups in total. The topological polar surface area (TPSA) is 139 Å². The molecule has 0 fully saturated rings. The third kappa shape index (κ3) is 6.03. The van der Waals surface area contributed by atoms with Gasteiger partial charge in [0, 0.05) is 41.3 Å². The lowest BCUT2D eigenvalue weighted by Gasteiger charge is -2.23. The molecule has 9 nitrogen and oxygen atoms in total. The number of carboxylic acids is 1. The van der Waals surface area contributed by atoms with E-state index in [0.29, 0.717) is 29.6 Å². The lowest BCUT2D eigenvalue weighted by atomic mass is 9.97. The molecule has 0 bridgehead atoms. The predicted octanol–water partition coefficient (Wildman–Crippen LogP) is 4.22. The van der Waals surface area contributed by atoms with E-state index in [1.54, 1.807) is 0 Å². The monoisotopic (exact) mass is 512 g/mol. The van der Waals surface area contributed by atoms with Crippen molar-refractivity contribution in [1.82, 2.24) is 10.6 Å². The molecule has 200 valence electrons. The second kappa shape index (κ2) is 11.6.